The molecule has 1 atom stereocenters. The van der Waals surface area contributed by atoms with Crippen molar-refractivity contribution in [1.29, 1.82) is 0 Å². The number of nitrogens with one attached hydrogen (secondary N) is 1. The van der Waals surface area contributed by atoms with Crippen molar-refractivity contribution in [2.45, 2.75) is 19.4 Å². The number of methoxy groups -OCH3 is 1. The van der Waals surface area contributed by atoms with Crippen molar-refractivity contribution in [3.63, 3.8) is 0 Å². The number of esters is 1. The molecule has 2 rings (SSSR count). The number of hydrogen-bond acceptors (Lipinski definition) is 3. The first-order valence-corrected chi connectivity index (χ1v) is 5.13. The second-order valence-corrected chi connectivity index (χ2v) is 3.86. The summed E-state index contributed by atoms with van der Waals surface area (Å²) in [5.41, 5.74) is 3.54. The van der Waals surface area contributed by atoms with E-state index >= 15 is 0 Å². The Hall–Kier alpha value is -1.35. The van der Waals surface area contributed by atoms with Crippen molar-refractivity contribution in [3.05, 3.63) is 34.9 Å². The summed E-state index contributed by atoms with van der Waals surface area (Å²) in [5.74, 6) is -0.209. The van der Waals surface area contributed by atoms with Gasteiger partial charge in [-0.3, -0.25) is 0 Å². The summed E-state index contributed by atoms with van der Waals surface area (Å²) < 4.78 is 4.78. The molecule has 1 aliphatic heterocycles. The zero-order chi connectivity index (χ0) is 10.8. The maximum absolute atomic E-state index is 11.5. The standard InChI is InChI=1S/C12H15NO2/c1-8-3-4-10-9(7-8)5-6-13-11(10)12(14)15-2/h3-4,7,11,13H,5-6H2,1-2H3. The van der Waals surface area contributed by atoms with E-state index in [0.717, 1.165) is 18.5 Å². The molecule has 0 saturated carbocycles. The predicted molar refractivity (Wildman–Crippen MR) is 57.6 cm³/mol. The summed E-state index contributed by atoms with van der Waals surface area (Å²) in [6, 6.07) is 5.89. The van der Waals surface area contributed by atoms with E-state index in [4.69, 9.17) is 4.74 Å². The van der Waals surface area contributed by atoms with Crippen LogP contribution < -0.4 is 5.32 Å². The predicted octanol–water partition coefficient (Wildman–Crippen LogP) is 1.35. The van der Waals surface area contributed by atoms with Gasteiger partial charge in [-0.1, -0.05) is 23.8 Å². The first-order valence-electron chi connectivity index (χ1n) is 5.13. The van der Waals surface area contributed by atoms with Gasteiger partial charge in [0.25, 0.3) is 0 Å². The lowest BCUT2D eigenvalue weighted by Gasteiger charge is -2.25. The van der Waals surface area contributed by atoms with Crippen molar-refractivity contribution >= 4 is 5.97 Å². The Labute approximate surface area is 89.4 Å². The average Bonchev–Trinajstić information content (AvgIpc) is 2.26. The van der Waals surface area contributed by atoms with Gasteiger partial charge in [0.05, 0.1) is 7.11 Å². The molecule has 1 aliphatic rings. The van der Waals surface area contributed by atoms with Crippen LogP contribution in [0.15, 0.2) is 18.2 Å². The molecule has 0 radical (unpaired) electrons. The maximum Gasteiger partial charge on any atom is 0.327 e. The summed E-state index contributed by atoms with van der Waals surface area (Å²) in [5, 5.41) is 3.17. The molecule has 1 heterocycles. The molecule has 1 aromatic carbocycles. The molecule has 0 amide bonds. The van der Waals surface area contributed by atoms with Crippen LogP contribution in [-0.4, -0.2) is 19.6 Å². The third-order valence-electron chi connectivity index (χ3n) is 2.79. The Morgan fingerprint density at radius 1 is 1.53 bits per heavy atom. The molecule has 0 aromatic heterocycles. The van der Waals surface area contributed by atoms with Crippen molar-refractivity contribution < 1.29 is 9.53 Å². The normalized spacial score (nSPS) is 19.5. The SMILES string of the molecule is COC(=O)C1NCCc2cc(C)ccc21. The van der Waals surface area contributed by atoms with Crippen LogP contribution in [0.25, 0.3) is 0 Å². The van der Waals surface area contributed by atoms with Gasteiger partial charge < -0.3 is 10.1 Å². The fourth-order valence-electron chi connectivity index (χ4n) is 2.02. The highest BCUT2D eigenvalue weighted by Gasteiger charge is 2.26. The second kappa shape index (κ2) is 4.03. The van der Waals surface area contributed by atoms with E-state index in [1.807, 2.05) is 12.1 Å². The van der Waals surface area contributed by atoms with Crippen LogP contribution in [0.4, 0.5) is 0 Å². The Morgan fingerprint density at radius 3 is 3.07 bits per heavy atom. The largest absolute Gasteiger partial charge is 0.468 e. The minimum Gasteiger partial charge on any atom is -0.468 e. The molecule has 3 heteroatoms. The minimum atomic E-state index is -0.292. The molecule has 0 bridgehead atoms. The highest BCUT2D eigenvalue weighted by atomic mass is 16.5. The third kappa shape index (κ3) is 1.88. The topological polar surface area (TPSA) is 38.3 Å². The van der Waals surface area contributed by atoms with E-state index in [1.165, 1.54) is 18.2 Å². The van der Waals surface area contributed by atoms with E-state index in [1.54, 1.807) is 0 Å². The molecule has 0 fully saturated rings. The summed E-state index contributed by atoms with van der Waals surface area (Å²) in [6.45, 7) is 2.89. The first kappa shape index (κ1) is 10.2. The van der Waals surface area contributed by atoms with Crippen LogP contribution in [0.5, 0.6) is 0 Å². The number of benzene rings is 1. The van der Waals surface area contributed by atoms with Gasteiger partial charge in [0.1, 0.15) is 6.04 Å². The summed E-state index contributed by atoms with van der Waals surface area (Å²) in [7, 11) is 1.42. The van der Waals surface area contributed by atoms with Crippen molar-refractivity contribution in [2.75, 3.05) is 13.7 Å². The van der Waals surface area contributed by atoms with Gasteiger partial charge in [0.2, 0.25) is 0 Å². The number of hydrogen-bond donors (Lipinski definition) is 1. The molecular weight excluding hydrogens is 190 g/mol. The van der Waals surface area contributed by atoms with Crippen LogP contribution in [-0.2, 0) is 16.0 Å². The Kier molecular flexibility index (Phi) is 2.73. The quantitative estimate of drug-likeness (QED) is 0.703. The smallest absolute Gasteiger partial charge is 0.327 e. The second-order valence-electron chi connectivity index (χ2n) is 3.86. The van der Waals surface area contributed by atoms with E-state index in [0.29, 0.717) is 0 Å². The number of carbonyl (C=O) groups is 1. The molecule has 3 nitrogen and oxygen atoms in total. The lowest BCUT2D eigenvalue weighted by molar-refractivity contribution is -0.143. The van der Waals surface area contributed by atoms with Gasteiger partial charge in [-0.15, -0.1) is 0 Å². The molecular formula is C12H15NO2. The molecule has 1 aromatic rings. The van der Waals surface area contributed by atoms with Crippen LogP contribution in [0.1, 0.15) is 22.7 Å². The molecule has 0 saturated heterocycles. The summed E-state index contributed by atoms with van der Waals surface area (Å²) in [4.78, 5) is 11.5. The summed E-state index contributed by atoms with van der Waals surface area (Å²) in [6.07, 6.45) is 0.977. The fraction of sp³-hybridized carbons (Fsp3) is 0.417. The number of aryl methyl sites for hydroxylation is 1. The molecule has 1 N–H and O–H groups in total. The van der Waals surface area contributed by atoms with Crippen LogP contribution in [0, 0.1) is 6.92 Å². The fourth-order valence-corrected chi connectivity index (χ4v) is 2.02. The monoisotopic (exact) mass is 205 g/mol. The van der Waals surface area contributed by atoms with E-state index in [9.17, 15) is 4.79 Å². The lowest BCUT2D eigenvalue weighted by Crippen LogP contribution is -2.35. The van der Waals surface area contributed by atoms with Gasteiger partial charge in [-0.05, 0) is 24.5 Å². The van der Waals surface area contributed by atoms with Crippen LogP contribution in [0.2, 0.25) is 0 Å². The van der Waals surface area contributed by atoms with Gasteiger partial charge in [0, 0.05) is 6.54 Å². The Morgan fingerprint density at radius 2 is 2.33 bits per heavy atom. The van der Waals surface area contributed by atoms with Crippen LogP contribution >= 0.6 is 0 Å². The highest BCUT2D eigenvalue weighted by molar-refractivity contribution is 5.78. The van der Waals surface area contributed by atoms with Crippen molar-refractivity contribution in [2.24, 2.45) is 0 Å². The third-order valence-corrected chi connectivity index (χ3v) is 2.79. The highest BCUT2D eigenvalue weighted by Crippen LogP contribution is 2.24. The maximum atomic E-state index is 11.5. The zero-order valence-electron chi connectivity index (χ0n) is 9.04. The zero-order valence-corrected chi connectivity index (χ0v) is 9.04. The Bertz CT molecular complexity index is 387. The first-order chi connectivity index (χ1) is 7.22. The van der Waals surface area contributed by atoms with Crippen LogP contribution in [0.3, 0.4) is 0 Å². The van der Waals surface area contributed by atoms with E-state index < -0.39 is 0 Å². The summed E-state index contributed by atoms with van der Waals surface area (Å²) >= 11 is 0. The van der Waals surface area contributed by atoms with E-state index in [2.05, 4.69) is 18.3 Å². The molecule has 80 valence electrons. The number of carbonyl (C=O) groups excluding carboxylic acids is 1. The number of fused-ring (bicyclic) bond motifs is 1. The van der Waals surface area contributed by atoms with Gasteiger partial charge in [0.15, 0.2) is 0 Å². The molecule has 1 unspecified atom stereocenters. The Balaban J connectivity index is 2.38. The van der Waals surface area contributed by atoms with Gasteiger partial charge in [-0.25, -0.2) is 4.79 Å². The molecule has 0 aliphatic carbocycles. The van der Waals surface area contributed by atoms with Gasteiger partial charge >= 0.3 is 5.97 Å². The number of ether oxygens (including phenoxy) is 1. The van der Waals surface area contributed by atoms with E-state index in [-0.39, 0.29) is 12.0 Å². The molecule has 15 heavy (non-hydrogen) atoms. The van der Waals surface area contributed by atoms with Gasteiger partial charge in [-0.2, -0.15) is 0 Å². The van der Waals surface area contributed by atoms with Crippen molar-refractivity contribution in [1.82, 2.24) is 5.32 Å². The number of rotatable bonds is 1. The van der Waals surface area contributed by atoms with Crippen molar-refractivity contribution in [3.8, 4) is 0 Å². The minimum absolute atomic E-state index is 0.209. The average molecular weight is 205 g/mol. The molecule has 0 spiro atoms. The lowest BCUT2D eigenvalue weighted by atomic mass is 9.93.